The first-order chi connectivity index (χ1) is 13.0. The molecule has 2 amide bonds. The van der Waals surface area contributed by atoms with Crippen LogP contribution in [0.5, 0.6) is 17.2 Å². The first kappa shape index (κ1) is 20.1. The number of amides is 2. The molecule has 2 aromatic carbocycles. The van der Waals surface area contributed by atoms with Gasteiger partial charge in [-0.1, -0.05) is 18.2 Å². The lowest BCUT2D eigenvalue weighted by Crippen LogP contribution is -2.41. The third-order valence-electron chi connectivity index (χ3n) is 4.07. The summed E-state index contributed by atoms with van der Waals surface area (Å²) in [6, 6.07) is 10.7. The fourth-order valence-corrected chi connectivity index (χ4v) is 2.62. The molecule has 7 nitrogen and oxygen atoms in total. The van der Waals surface area contributed by atoms with Crippen molar-refractivity contribution in [1.29, 1.82) is 0 Å². The van der Waals surface area contributed by atoms with Gasteiger partial charge >= 0.3 is 0 Å². The van der Waals surface area contributed by atoms with Crippen molar-refractivity contribution in [3.63, 3.8) is 0 Å². The highest BCUT2D eigenvalue weighted by Crippen LogP contribution is 2.38. The van der Waals surface area contributed by atoms with Crippen LogP contribution in [0, 0.1) is 6.92 Å². The highest BCUT2D eigenvalue weighted by molar-refractivity contribution is 5.96. The van der Waals surface area contributed by atoms with E-state index in [-0.39, 0.29) is 18.2 Å². The number of nitrogens with one attached hydrogen (secondary N) is 2. The number of hydrogen-bond acceptors (Lipinski definition) is 5. The summed E-state index contributed by atoms with van der Waals surface area (Å²) in [5.74, 6) is 0.902. The number of methoxy groups -OCH3 is 3. The molecule has 0 atom stereocenters. The molecule has 7 heteroatoms. The van der Waals surface area contributed by atoms with Gasteiger partial charge in [-0.3, -0.25) is 20.4 Å². The largest absolute Gasteiger partial charge is 0.493 e. The van der Waals surface area contributed by atoms with Gasteiger partial charge < -0.3 is 14.2 Å². The van der Waals surface area contributed by atoms with Gasteiger partial charge in [0.25, 0.3) is 5.91 Å². The number of rotatable bonds is 7. The number of benzene rings is 2. The van der Waals surface area contributed by atoms with E-state index in [0.29, 0.717) is 29.2 Å². The molecule has 0 heterocycles. The Morgan fingerprint density at radius 3 is 2.11 bits per heavy atom. The normalized spacial score (nSPS) is 10.1. The Kier molecular flexibility index (Phi) is 7.05. The minimum atomic E-state index is -0.353. The van der Waals surface area contributed by atoms with Crippen molar-refractivity contribution in [2.24, 2.45) is 0 Å². The molecule has 0 spiro atoms. The molecule has 0 radical (unpaired) electrons. The molecule has 0 aliphatic carbocycles. The van der Waals surface area contributed by atoms with Crippen molar-refractivity contribution < 1.29 is 23.8 Å². The molecule has 0 saturated heterocycles. The van der Waals surface area contributed by atoms with Crippen molar-refractivity contribution in [3.05, 3.63) is 53.1 Å². The van der Waals surface area contributed by atoms with Crippen LogP contribution in [0.1, 0.15) is 27.9 Å². The number of aryl methyl sites for hydroxylation is 2. The summed E-state index contributed by atoms with van der Waals surface area (Å²) in [6.07, 6.45) is 0.634. The summed E-state index contributed by atoms with van der Waals surface area (Å²) in [5, 5.41) is 0. The van der Waals surface area contributed by atoms with E-state index < -0.39 is 0 Å². The fraction of sp³-hybridized carbons (Fsp3) is 0.300. The lowest BCUT2D eigenvalue weighted by Gasteiger charge is -2.14. The maximum atomic E-state index is 12.1. The molecule has 0 bridgehead atoms. The van der Waals surface area contributed by atoms with E-state index in [1.807, 2.05) is 19.1 Å². The average Bonchev–Trinajstić information content (AvgIpc) is 2.69. The Hall–Kier alpha value is -3.22. The van der Waals surface area contributed by atoms with Crippen LogP contribution in [-0.2, 0) is 11.2 Å². The first-order valence-electron chi connectivity index (χ1n) is 8.43. The standard InChI is InChI=1S/C20H24N2O5/c1-13-7-5-6-8-15(13)20(24)22-21-18(23)10-9-14-11-16(25-2)19(27-4)17(12-14)26-3/h5-8,11-12H,9-10H2,1-4H3,(H,21,23)(H,22,24). The van der Waals surface area contributed by atoms with Crippen LogP contribution in [0.15, 0.2) is 36.4 Å². The van der Waals surface area contributed by atoms with E-state index in [2.05, 4.69) is 10.9 Å². The van der Waals surface area contributed by atoms with Gasteiger partial charge in [-0.25, -0.2) is 0 Å². The molecule has 2 N–H and O–H groups in total. The van der Waals surface area contributed by atoms with Crippen molar-refractivity contribution in [3.8, 4) is 17.2 Å². The average molecular weight is 372 g/mol. The number of hydrazine groups is 1. The van der Waals surface area contributed by atoms with Crippen LogP contribution < -0.4 is 25.1 Å². The second-order valence-electron chi connectivity index (χ2n) is 5.85. The molecular weight excluding hydrogens is 348 g/mol. The Morgan fingerprint density at radius 1 is 0.926 bits per heavy atom. The van der Waals surface area contributed by atoms with Crippen molar-refractivity contribution in [2.75, 3.05) is 21.3 Å². The minimum absolute atomic E-state index is 0.187. The van der Waals surface area contributed by atoms with Gasteiger partial charge in [0.15, 0.2) is 11.5 Å². The number of carbonyl (C=O) groups is 2. The van der Waals surface area contributed by atoms with Crippen LogP contribution in [0.3, 0.4) is 0 Å². The van der Waals surface area contributed by atoms with E-state index in [0.717, 1.165) is 11.1 Å². The topological polar surface area (TPSA) is 85.9 Å². The third kappa shape index (κ3) is 5.13. The van der Waals surface area contributed by atoms with E-state index in [9.17, 15) is 9.59 Å². The monoisotopic (exact) mass is 372 g/mol. The van der Waals surface area contributed by atoms with Crippen LogP contribution in [0.4, 0.5) is 0 Å². The van der Waals surface area contributed by atoms with Crippen molar-refractivity contribution in [1.82, 2.24) is 10.9 Å². The Balaban J connectivity index is 1.94. The summed E-state index contributed by atoms with van der Waals surface area (Å²) in [4.78, 5) is 24.2. The predicted octanol–water partition coefficient (Wildman–Crippen LogP) is 2.41. The zero-order valence-corrected chi connectivity index (χ0v) is 15.9. The van der Waals surface area contributed by atoms with Gasteiger partial charge in [-0.05, 0) is 42.7 Å². The third-order valence-corrected chi connectivity index (χ3v) is 4.07. The molecule has 0 fully saturated rings. The van der Waals surface area contributed by atoms with E-state index in [1.165, 1.54) is 21.3 Å². The zero-order valence-electron chi connectivity index (χ0n) is 15.9. The highest BCUT2D eigenvalue weighted by Gasteiger charge is 2.14. The van der Waals surface area contributed by atoms with E-state index >= 15 is 0 Å². The summed E-state index contributed by atoms with van der Waals surface area (Å²) < 4.78 is 15.9. The second-order valence-corrected chi connectivity index (χ2v) is 5.85. The van der Waals surface area contributed by atoms with E-state index in [4.69, 9.17) is 14.2 Å². The minimum Gasteiger partial charge on any atom is -0.493 e. The molecule has 0 aromatic heterocycles. The quantitative estimate of drug-likeness (QED) is 0.729. The summed E-state index contributed by atoms with van der Waals surface area (Å²) in [6.45, 7) is 1.83. The summed E-state index contributed by atoms with van der Waals surface area (Å²) in [7, 11) is 4.61. The molecule has 0 unspecified atom stereocenters. The first-order valence-corrected chi connectivity index (χ1v) is 8.43. The fourth-order valence-electron chi connectivity index (χ4n) is 2.62. The SMILES string of the molecule is COc1cc(CCC(=O)NNC(=O)c2ccccc2C)cc(OC)c1OC. The van der Waals surface area contributed by atoms with Crippen LogP contribution in [-0.4, -0.2) is 33.1 Å². The van der Waals surface area contributed by atoms with Crippen LogP contribution in [0.25, 0.3) is 0 Å². The number of ether oxygens (including phenoxy) is 3. The molecular formula is C20H24N2O5. The van der Waals surface area contributed by atoms with Gasteiger partial charge in [0, 0.05) is 12.0 Å². The summed E-state index contributed by atoms with van der Waals surface area (Å²) in [5.41, 5.74) is 7.07. The molecule has 0 saturated carbocycles. The highest BCUT2D eigenvalue weighted by atomic mass is 16.5. The molecule has 0 aliphatic rings. The lowest BCUT2D eigenvalue weighted by molar-refractivity contribution is -0.121. The number of hydrogen-bond donors (Lipinski definition) is 2. The zero-order chi connectivity index (χ0) is 19.8. The maximum Gasteiger partial charge on any atom is 0.269 e. The van der Waals surface area contributed by atoms with Gasteiger partial charge in [0.1, 0.15) is 0 Å². The second kappa shape index (κ2) is 9.47. The van der Waals surface area contributed by atoms with Crippen LogP contribution in [0.2, 0.25) is 0 Å². The summed E-state index contributed by atoms with van der Waals surface area (Å²) >= 11 is 0. The molecule has 27 heavy (non-hydrogen) atoms. The van der Waals surface area contributed by atoms with Gasteiger partial charge in [0.2, 0.25) is 11.7 Å². The molecule has 2 rings (SSSR count). The molecule has 2 aromatic rings. The Bertz CT molecular complexity index is 795. The molecule has 0 aliphatic heterocycles. The number of carbonyl (C=O) groups excluding carboxylic acids is 2. The van der Waals surface area contributed by atoms with E-state index in [1.54, 1.807) is 24.3 Å². The molecule has 144 valence electrons. The lowest BCUT2D eigenvalue weighted by atomic mass is 10.1. The van der Waals surface area contributed by atoms with Crippen molar-refractivity contribution >= 4 is 11.8 Å². The van der Waals surface area contributed by atoms with Gasteiger partial charge in [-0.2, -0.15) is 0 Å². The predicted molar refractivity (Wildman–Crippen MR) is 101 cm³/mol. The Labute approximate surface area is 158 Å². The maximum absolute atomic E-state index is 12.1. The van der Waals surface area contributed by atoms with Crippen molar-refractivity contribution in [2.45, 2.75) is 19.8 Å². The Morgan fingerprint density at radius 2 is 1.56 bits per heavy atom. The van der Waals surface area contributed by atoms with Gasteiger partial charge in [-0.15, -0.1) is 0 Å². The van der Waals surface area contributed by atoms with Crippen LogP contribution >= 0.6 is 0 Å². The smallest absolute Gasteiger partial charge is 0.269 e. The van der Waals surface area contributed by atoms with Gasteiger partial charge in [0.05, 0.1) is 21.3 Å².